The number of piperazine rings is 1. The first-order valence-corrected chi connectivity index (χ1v) is 8.42. The van der Waals surface area contributed by atoms with Gasteiger partial charge in [-0.3, -0.25) is 0 Å². The van der Waals surface area contributed by atoms with Gasteiger partial charge in [0.05, 0.1) is 6.20 Å². The van der Waals surface area contributed by atoms with Gasteiger partial charge in [0, 0.05) is 31.9 Å². The van der Waals surface area contributed by atoms with E-state index >= 15 is 0 Å². The highest BCUT2D eigenvalue weighted by Crippen LogP contribution is 2.24. The highest BCUT2D eigenvalue weighted by Gasteiger charge is 2.17. The highest BCUT2D eigenvalue weighted by atomic mass is 15.4. The van der Waals surface area contributed by atoms with Crippen LogP contribution in [0.15, 0.2) is 30.5 Å². The molecule has 2 heterocycles. The average molecular weight is 326 g/mol. The maximum Gasteiger partial charge on any atom is 0.247 e. The van der Waals surface area contributed by atoms with E-state index in [0.717, 1.165) is 37.7 Å². The fourth-order valence-corrected chi connectivity index (χ4v) is 2.70. The number of likely N-dealkylation sites (N-methyl/N-ethyl adjacent to an activating group) is 1. The minimum absolute atomic E-state index is 0.156. The summed E-state index contributed by atoms with van der Waals surface area (Å²) in [5.41, 5.74) is 2.48. The first-order valence-electron chi connectivity index (χ1n) is 8.42. The van der Waals surface area contributed by atoms with Crippen molar-refractivity contribution in [1.29, 1.82) is 0 Å². The SMILES string of the molecule is CN1CCN(c2nncc(Nc3ccc(C(C)(C)C)cc3)n2)CC1. The van der Waals surface area contributed by atoms with Crippen LogP contribution in [0.5, 0.6) is 0 Å². The maximum absolute atomic E-state index is 4.61. The summed E-state index contributed by atoms with van der Waals surface area (Å²) in [4.78, 5) is 9.10. The van der Waals surface area contributed by atoms with Crippen LogP contribution in [0, 0.1) is 0 Å². The fraction of sp³-hybridized carbons (Fsp3) is 0.500. The molecule has 6 heteroatoms. The van der Waals surface area contributed by atoms with Crippen molar-refractivity contribution in [3.8, 4) is 0 Å². The molecular weight excluding hydrogens is 300 g/mol. The molecule has 128 valence electrons. The molecule has 3 rings (SSSR count). The van der Waals surface area contributed by atoms with Crippen molar-refractivity contribution in [3.63, 3.8) is 0 Å². The van der Waals surface area contributed by atoms with Gasteiger partial charge in [-0.2, -0.15) is 10.1 Å². The number of hydrogen-bond donors (Lipinski definition) is 1. The van der Waals surface area contributed by atoms with Crippen molar-refractivity contribution in [2.24, 2.45) is 0 Å². The molecule has 0 aliphatic carbocycles. The Morgan fingerprint density at radius 1 is 1.00 bits per heavy atom. The molecule has 0 bridgehead atoms. The Kier molecular flexibility index (Phi) is 4.66. The Morgan fingerprint density at radius 2 is 1.67 bits per heavy atom. The second-order valence-electron chi connectivity index (χ2n) is 7.38. The minimum Gasteiger partial charge on any atom is -0.339 e. The molecule has 0 spiro atoms. The van der Waals surface area contributed by atoms with E-state index in [1.807, 2.05) is 0 Å². The van der Waals surface area contributed by atoms with Gasteiger partial charge in [-0.1, -0.05) is 32.9 Å². The van der Waals surface area contributed by atoms with Gasteiger partial charge >= 0.3 is 0 Å². The topological polar surface area (TPSA) is 57.2 Å². The molecule has 1 fully saturated rings. The van der Waals surface area contributed by atoms with Crippen LogP contribution in [-0.4, -0.2) is 53.3 Å². The molecule has 6 nitrogen and oxygen atoms in total. The molecule has 1 saturated heterocycles. The molecule has 0 atom stereocenters. The summed E-state index contributed by atoms with van der Waals surface area (Å²) in [7, 11) is 2.13. The van der Waals surface area contributed by atoms with E-state index in [4.69, 9.17) is 0 Å². The summed E-state index contributed by atoms with van der Waals surface area (Å²) < 4.78 is 0. The lowest BCUT2D eigenvalue weighted by Crippen LogP contribution is -2.45. The number of benzene rings is 1. The van der Waals surface area contributed by atoms with Crippen LogP contribution in [0.25, 0.3) is 0 Å². The normalized spacial score (nSPS) is 16.2. The van der Waals surface area contributed by atoms with Crippen molar-refractivity contribution in [2.75, 3.05) is 43.4 Å². The average Bonchev–Trinajstić information content (AvgIpc) is 2.55. The molecule has 0 amide bonds. The van der Waals surface area contributed by atoms with Crippen LogP contribution in [0.4, 0.5) is 17.5 Å². The summed E-state index contributed by atoms with van der Waals surface area (Å²) in [6.07, 6.45) is 1.66. The first-order chi connectivity index (χ1) is 11.4. The van der Waals surface area contributed by atoms with Gasteiger partial charge in [0.15, 0.2) is 5.82 Å². The van der Waals surface area contributed by atoms with Crippen molar-refractivity contribution in [1.82, 2.24) is 20.1 Å². The lowest BCUT2D eigenvalue weighted by molar-refractivity contribution is 0.311. The van der Waals surface area contributed by atoms with Crippen LogP contribution in [-0.2, 0) is 5.41 Å². The molecule has 0 unspecified atom stereocenters. The van der Waals surface area contributed by atoms with Gasteiger partial charge in [0.2, 0.25) is 5.95 Å². The van der Waals surface area contributed by atoms with Crippen LogP contribution < -0.4 is 10.2 Å². The van der Waals surface area contributed by atoms with Crippen LogP contribution in [0.2, 0.25) is 0 Å². The van der Waals surface area contributed by atoms with E-state index in [9.17, 15) is 0 Å². The van der Waals surface area contributed by atoms with E-state index in [1.54, 1.807) is 6.20 Å². The molecule has 1 aromatic heterocycles. The van der Waals surface area contributed by atoms with Crippen LogP contribution >= 0.6 is 0 Å². The third-order valence-electron chi connectivity index (χ3n) is 4.36. The lowest BCUT2D eigenvalue weighted by atomic mass is 9.87. The van der Waals surface area contributed by atoms with Gasteiger partial charge in [0.25, 0.3) is 0 Å². The zero-order valence-electron chi connectivity index (χ0n) is 15.0. The minimum atomic E-state index is 0.156. The number of aromatic nitrogens is 3. The second kappa shape index (κ2) is 6.73. The van der Waals surface area contributed by atoms with E-state index in [-0.39, 0.29) is 5.41 Å². The third kappa shape index (κ3) is 4.00. The first kappa shape index (κ1) is 16.6. The summed E-state index contributed by atoms with van der Waals surface area (Å²) in [6.45, 7) is 10.6. The molecule has 1 aliphatic rings. The van der Waals surface area contributed by atoms with E-state index < -0.39 is 0 Å². The molecule has 24 heavy (non-hydrogen) atoms. The van der Waals surface area contributed by atoms with E-state index in [2.05, 4.69) is 82.4 Å². The molecule has 1 aliphatic heterocycles. The zero-order chi connectivity index (χ0) is 17.2. The van der Waals surface area contributed by atoms with Gasteiger partial charge in [-0.25, -0.2) is 0 Å². The summed E-state index contributed by atoms with van der Waals surface area (Å²) in [5.74, 6) is 1.42. The van der Waals surface area contributed by atoms with Gasteiger partial charge < -0.3 is 15.1 Å². The highest BCUT2D eigenvalue weighted by molar-refractivity contribution is 5.57. The maximum atomic E-state index is 4.61. The largest absolute Gasteiger partial charge is 0.339 e. The monoisotopic (exact) mass is 326 g/mol. The number of anilines is 3. The summed E-state index contributed by atoms with van der Waals surface area (Å²) in [5, 5.41) is 11.6. The fourth-order valence-electron chi connectivity index (χ4n) is 2.70. The predicted octanol–water partition coefficient (Wildman–Crippen LogP) is 2.66. The van der Waals surface area contributed by atoms with Gasteiger partial charge in [0.1, 0.15) is 0 Å². The zero-order valence-corrected chi connectivity index (χ0v) is 15.0. The van der Waals surface area contributed by atoms with E-state index in [1.165, 1.54) is 5.56 Å². The summed E-state index contributed by atoms with van der Waals surface area (Å²) in [6, 6.07) is 8.47. The molecular formula is C18H26N6. The summed E-state index contributed by atoms with van der Waals surface area (Å²) >= 11 is 0. The van der Waals surface area contributed by atoms with Crippen LogP contribution in [0.3, 0.4) is 0 Å². The second-order valence-corrected chi connectivity index (χ2v) is 7.38. The Hall–Kier alpha value is -2.21. The molecule has 0 saturated carbocycles. The number of rotatable bonds is 3. The smallest absolute Gasteiger partial charge is 0.247 e. The van der Waals surface area contributed by atoms with Gasteiger partial charge in [-0.15, -0.1) is 5.10 Å². The Balaban J connectivity index is 1.70. The van der Waals surface area contributed by atoms with E-state index in [0.29, 0.717) is 5.95 Å². The van der Waals surface area contributed by atoms with Crippen LogP contribution in [0.1, 0.15) is 26.3 Å². The Labute approximate surface area is 143 Å². The Morgan fingerprint density at radius 3 is 2.29 bits per heavy atom. The molecule has 0 radical (unpaired) electrons. The number of hydrogen-bond acceptors (Lipinski definition) is 6. The van der Waals surface area contributed by atoms with Crippen molar-refractivity contribution >= 4 is 17.5 Å². The molecule has 2 aromatic rings. The quantitative estimate of drug-likeness (QED) is 0.936. The van der Waals surface area contributed by atoms with Crippen molar-refractivity contribution < 1.29 is 0 Å². The van der Waals surface area contributed by atoms with Gasteiger partial charge in [-0.05, 0) is 30.2 Å². The van der Waals surface area contributed by atoms with Crippen molar-refractivity contribution in [3.05, 3.63) is 36.0 Å². The predicted molar refractivity (Wildman–Crippen MR) is 98.0 cm³/mol. The lowest BCUT2D eigenvalue weighted by Gasteiger charge is -2.32. The third-order valence-corrected chi connectivity index (χ3v) is 4.36. The standard InChI is InChI=1S/C18H26N6/c1-18(2,3)14-5-7-15(8-6-14)20-16-13-19-22-17(21-16)24-11-9-23(4)10-12-24/h5-8,13H,9-12H2,1-4H3,(H,20,21,22). The molecule has 1 aromatic carbocycles. The number of nitrogens with zero attached hydrogens (tertiary/aromatic N) is 5. The molecule has 1 N–H and O–H groups in total. The number of nitrogens with one attached hydrogen (secondary N) is 1. The Bertz CT molecular complexity index is 669. The van der Waals surface area contributed by atoms with Crippen molar-refractivity contribution in [2.45, 2.75) is 26.2 Å².